The molecule has 1 aliphatic heterocycles. The Morgan fingerprint density at radius 2 is 1.82 bits per heavy atom. The molecule has 0 aliphatic carbocycles. The lowest BCUT2D eigenvalue weighted by Gasteiger charge is -2.26. The molecule has 1 saturated heterocycles. The van der Waals surface area contributed by atoms with Gasteiger partial charge in [-0.1, -0.05) is 32.4 Å². The van der Waals surface area contributed by atoms with E-state index in [-0.39, 0.29) is 16.7 Å². The Balaban J connectivity index is 2.25. The van der Waals surface area contributed by atoms with Gasteiger partial charge < -0.3 is 5.32 Å². The zero-order chi connectivity index (χ0) is 16.2. The number of rotatable bonds is 5. The van der Waals surface area contributed by atoms with Crippen LogP contribution in [-0.2, 0) is 14.8 Å². The first-order chi connectivity index (χ1) is 10.4. The molecule has 6 heteroatoms. The van der Waals surface area contributed by atoms with Gasteiger partial charge in [0.2, 0.25) is 15.9 Å². The molecular weight excluding hydrogens is 300 g/mol. The van der Waals surface area contributed by atoms with Crippen molar-refractivity contribution in [3.8, 4) is 0 Å². The lowest BCUT2D eigenvalue weighted by atomic mass is 10.1. The van der Waals surface area contributed by atoms with Gasteiger partial charge in [-0.25, -0.2) is 8.42 Å². The normalized spacial score (nSPS) is 16.7. The number of piperidine rings is 1. The van der Waals surface area contributed by atoms with E-state index < -0.39 is 10.0 Å². The number of amides is 1. The minimum Gasteiger partial charge on any atom is -0.325 e. The largest absolute Gasteiger partial charge is 0.325 e. The van der Waals surface area contributed by atoms with Crippen LogP contribution in [0.3, 0.4) is 0 Å². The molecule has 1 amide bonds. The summed E-state index contributed by atoms with van der Waals surface area (Å²) in [5.74, 6) is 0.0714. The van der Waals surface area contributed by atoms with Crippen LogP contribution in [0.25, 0.3) is 0 Å². The highest BCUT2D eigenvalue weighted by atomic mass is 32.2. The van der Waals surface area contributed by atoms with Crippen molar-refractivity contribution in [2.75, 3.05) is 18.4 Å². The van der Waals surface area contributed by atoms with Crippen LogP contribution in [0.1, 0.15) is 39.5 Å². The highest BCUT2D eigenvalue weighted by Gasteiger charge is 2.28. The minimum atomic E-state index is -3.55. The summed E-state index contributed by atoms with van der Waals surface area (Å²) in [6.07, 6.45) is 3.22. The van der Waals surface area contributed by atoms with Crippen molar-refractivity contribution < 1.29 is 13.2 Å². The molecule has 0 saturated carbocycles. The van der Waals surface area contributed by atoms with Crippen LogP contribution in [0.2, 0.25) is 0 Å². The first-order valence-corrected chi connectivity index (χ1v) is 9.24. The van der Waals surface area contributed by atoms with Gasteiger partial charge in [-0.05, 0) is 30.9 Å². The number of para-hydroxylation sites is 1. The Bertz CT molecular complexity index is 620. The van der Waals surface area contributed by atoms with Gasteiger partial charge in [-0.2, -0.15) is 4.31 Å². The summed E-state index contributed by atoms with van der Waals surface area (Å²) >= 11 is 0. The number of benzene rings is 1. The van der Waals surface area contributed by atoms with Crippen molar-refractivity contribution in [3.05, 3.63) is 24.3 Å². The summed E-state index contributed by atoms with van der Waals surface area (Å²) in [5, 5.41) is 2.74. The van der Waals surface area contributed by atoms with Gasteiger partial charge in [0.15, 0.2) is 0 Å². The van der Waals surface area contributed by atoms with Crippen LogP contribution in [-0.4, -0.2) is 31.7 Å². The third kappa shape index (κ3) is 4.08. The Hall–Kier alpha value is -1.40. The number of anilines is 1. The summed E-state index contributed by atoms with van der Waals surface area (Å²) in [6, 6.07) is 6.64. The zero-order valence-electron chi connectivity index (χ0n) is 13.2. The van der Waals surface area contributed by atoms with Gasteiger partial charge in [0.05, 0.1) is 5.69 Å². The van der Waals surface area contributed by atoms with E-state index in [0.29, 0.717) is 25.2 Å². The van der Waals surface area contributed by atoms with Crippen LogP contribution in [0.5, 0.6) is 0 Å². The van der Waals surface area contributed by atoms with E-state index >= 15 is 0 Å². The minimum absolute atomic E-state index is 0.156. The van der Waals surface area contributed by atoms with E-state index in [2.05, 4.69) is 5.32 Å². The van der Waals surface area contributed by atoms with Gasteiger partial charge in [-0.3, -0.25) is 4.79 Å². The number of hydrogen-bond acceptors (Lipinski definition) is 3. The maximum atomic E-state index is 12.8. The molecule has 1 aliphatic rings. The molecular formula is C16H24N2O3S. The zero-order valence-corrected chi connectivity index (χ0v) is 14.0. The lowest BCUT2D eigenvalue weighted by molar-refractivity contribution is -0.116. The van der Waals surface area contributed by atoms with Crippen LogP contribution >= 0.6 is 0 Å². The maximum absolute atomic E-state index is 12.8. The number of nitrogens with zero attached hydrogens (tertiary/aromatic N) is 1. The molecule has 1 N–H and O–H groups in total. The molecule has 0 spiro atoms. The molecule has 0 radical (unpaired) electrons. The van der Waals surface area contributed by atoms with Crippen LogP contribution in [0.15, 0.2) is 29.2 Å². The molecule has 0 aromatic heterocycles. The molecule has 1 aromatic rings. The van der Waals surface area contributed by atoms with Gasteiger partial charge in [0.1, 0.15) is 4.90 Å². The fourth-order valence-corrected chi connectivity index (χ4v) is 4.28. The Morgan fingerprint density at radius 3 is 2.45 bits per heavy atom. The topological polar surface area (TPSA) is 66.5 Å². The van der Waals surface area contributed by atoms with E-state index in [1.165, 1.54) is 4.31 Å². The van der Waals surface area contributed by atoms with E-state index in [1.54, 1.807) is 24.3 Å². The van der Waals surface area contributed by atoms with Crippen molar-refractivity contribution in [3.63, 3.8) is 0 Å². The fourth-order valence-electron chi connectivity index (χ4n) is 2.61. The SMILES string of the molecule is CC(C)CC(=O)Nc1ccccc1S(=O)(=O)N1CCCCC1. The van der Waals surface area contributed by atoms with Crippen LogP contribution < -0.4 is 5.32 Å². The standard InChI is InChI=1S/C16H24N2O3S/c1-13(2)12-16(19)17-14-8-4-5-9-15(14)22(20,21)18-10-6-3-7-11-18/h4-5,8-9,13H,3,6-7,10-12H2,1-2H3,(H,17,19). The molecule has 2 rings (SSSR count). The average molecular weight is 324 g/mol. The van der Waals surface area contributed by atoms with Gasteiger partial charge in [-0.15, -0.1) is 0 Å². The van der Waals surface area contributed by atoms with Crippen LogP contribution in [0, 0.1) is 5.92 Å². The number of carbonyl (C=O) groups excluding carboxylic acids is 1. The summed E-state index contributed by atoms with van der Waals surface area (Å²) in [5.41, 5.74) is 0.374. The Morgan fingerprint density at radius 1 is 1.18 bits per heavy atom. The maximum Gasteiger partial charge on any atom is 0.245 e. The highest BCUT2D eigenvalue weighted by molar-refractivity contribution is 7.89. The van der Waals surface area contributed by atoms with E-state index in [1.807, 2.05) is 13.8 Å². The number of nitrogens with one attached hydrogen (secondary N) is 1. The monoisotopic (exact) mass is 324 g/mol. The first kappa shape index (κ1) is 17.0. The molecule has 122 valence electrons. The van der Waals surface area contributed by atoms with Crippen molar-refractivity contribution in [1.29, 1.82) is 0 Å². The first-order valence-electron chi connectivity index (χ1n) is 7.80. The average Bonchev–Trinajstić information content (AvgIpc) is 2.47. The van der Waals surface area contributed by atoms with Crippen molar-refractivity contribution in [2.24, 2.45) is 5.92 Å². The molecule has 22 heavy (non-hydrogen) atoms. The van der Waals surface area contributed by atoms with Crippen molar-refractivity contribution in [1.82, 2.24) is 4.31 Å². The summed E-state index contributed by atoms with van der Waals surface area (Å²) in [4.78, 5) is 12.1. The second kappa shape index (κ2) is 7.24. The van der Waals surface area contributed by atoms with E-state index in [4.69, 9.17) is 0 Å². The third-order valence-corrected chi connectivity index (χ3v) is 5.64. The van der Waals surface area contributed by atoms with Gasteiger partial charge in [0.25, 0.3) is 0 Å². The highest BCUT2D eigenvalue weighted by Crippen LogP contribution is 2.27. The molecule has 5 nitrogen and oxygen atoms in total. The third-order valence-electron chi connectivity index (χ3n) is 3.69. The lowest BCUT2D eigenvalue weighted by Crippen LogP contribution is -2.36. The smallest absolute Gasteiger partial charge is 0.245 e. The summed E-state index contributed by atoms with van der Waals surface area (Å²) < 4.78 is 27.1. The van der Waals surface area contributed by atoms with E-state index in [0.717, 1.165) is 19.3 Å². The summed E-state index contributed by atoms with van der Waals surface area (Å²) in [6.45, 7) is 5.01. The molecule has 1 fully saturated rings. The van der Waals surface area contributed by atoms with Gasteiger partial charge >= 0.3 is 0 Å². The molecule has 0 unspecified atom stereocenters. The molecule has 1 aromatic carbocycles. The molecule has 1 heterocycles. The number of carbonyl (C=O) groups is 1. The van der Waals surface area contributed by atoms with Crippen molar-refractivity contribution in [2.45, 2.75) is 44.4 Å². The predicted octanol–water partition coefficient (Wildman–Crippen LogP) is 2.85. The Kier molecular flexibility index (Phi) is 5.58. The van der Waals surface area contributed by atoms with E-state index in [9.17, 15) is 13.2 Å². The second-order valence-electron chi connectivity index (χ2n) is 6.11. The fraction of sp³-hybridized carbons (Fsp3) is 0.562. The molecule has 0 bridgehead atoms. The second-order valence-corrected chi connectivity index (χ2v) is 8.01. The predicted molar refractivity (Wildman–Crippen MR) is 87.1 cm³/mol. The quantitative estimate of drug-likeness (QED) is 0.905. The van der Waals surface area contributed by atoms with Crippen LogP contribution in [0.4, 0.5) is 5.69 Å². The molecule has 0 atom stereocenters. The Labute approximate surface area is 132 Å². The summed E-state index contributed by atoms with van der Waals surface area (Å²) in [7, 11) is -3.55. The van der Waals surface area contributed by atoms with Crippen molar-refractivity contribution >= 4 is 21.6 Å². The number of sulfonamides is 1. The number of hydrogen-bond donors (Lipinski definition) is 1. The van der Waals surface area contributed by atoms with Gasteiger partial charge in [0, 0.05) is 19.5 Å².